The molecule has 0 atom stereocenters. The van der Waals surface area contributed by atoms with Gasteiger partial charge in [-0.15, -0.1) is 0 Å². The number of carbonyl (C=O) groups is 1. The van der Waals surface area contributed by atoms with Crippen molar-refractivity contribution in [3.8, 4) is 0 Å². The molecule has 0 radical (unpaired) electrons. The quantitative estimate of drug-likeness (QED) is 0.736. The number of benzene rings is 1. The summed E-state index contributed by atoms with van der Waals surface area (Å²) >= 11 is 0. The molecule has 3 nitrogen and oxygen atoms in total. The third-order valence-electron chi connectivity index (χ3n) is 2.49. The van der Waals surface area contributed by atoms with Crippen LogP contribution in [0.15, 0.2) is 18.2 Å². The first-order valence-corrected chi connectivity index (χ1v) is 6.09. The van der Waals surface area contributed by atoms with E-state index in [2.05, 4.69) is 17.6 Å². The highest BCUT2D eigenvalue weighted by molar-refractivity contribution is 5.80. The topological polar surface area (TPSA) is 41.1 Å². The molecule has 18 heavy (non-hydrogen) atoms. The molecular weight excluding hydrogens is 238 g/mol. The van der Waals surface area contributed by atoms with E-state index in [9.17, 15) is 13.6 Å². The number of hydrogen-bond donors (Lipinski definition) is 2. The molecule has 0 aromatic heterocycles. The van der Waals surface area contributed by atoms with Gasteiger partial charge in [0.15, 0.2) is 0 Å². The Morgan fingerprint density at radius 2 is 1.89 bits per heavy atom. The zero-order chi connectivity index (χ0) is 13.4. The molecule has 0 aliphatic rings. The lowest BCUT2D eigenvalue weighted by Crippen LogP contribution is -2.30. The summed E-state index contributed by atoms with van der Waals surface area (Å²) in [5.41, 5.74) is -0.263. The largest absolute Gasteiger partial charge is 0.371 e. The summed E-state index contributed by atoms with van der Waals surface area (Å²) in [7, 11) is 0. The lowest BCUT2D eigenvalue weighted by molar-refractivity contribution is -0.119. The number of unbranched alkanes of at least 4 members (excludes halogenated alkanes) is 2. The number of hydrogen-bond acceptors (Lipinski definition) is 2. The van der Waals surface area contributed by atoms with E-state index in [0.717, 1.165) is 31.4 Å². The van der Waals surface area contributed by atoms with Gasteiger partial charge >= 0.3 is 0 Å². The summed E-state index contributed by atoms with van der Waals surface area (Å²) < 4.78 is 26.4. The predicted molar refractivity (Wildman–Crippen MR) is 67.4 cm³/mol. The fraction of sp³-hybridized carbons (Fsp3) is 0.462. The van der Waals surface area contributed by atoms with Crippen LogP contribution >= 0.6 is 0 Å². The van der Waals surface area contributed by atoms with E-state index in [0.29, 0.717) is 6.54 Å². The highest BCUT2D eigenvalue weighted by atomic mass is 19.1. The Balaban J connectivity index is 2.34. The Hall–Kier alpha value is -1.65. The molecule has 5 heteroatoms. The van der Waals surface area contributed by atoms with Gasteiger partial charge in [-0.05, 0) is 18.6 Å². The first kappa shape index (κ1) is 14.4. The summed E-state index contributed by atoms with van der Waals surface area (Å²) in [6.07, 6.45) is 3.04. The molecule has 2 N–H and O–H groups in total. The summed E-state index contributed by atoms with van der Waals surface area (Å²) in [5, 5.41) is 5.14. The van der Waals surface area contributed by atoms with Crippen LogP contribution in [0.4, 0.5) is 14.5 Å². The Kier molecular flexibility index (Phi) is 6.11. The molecule has 1 aromatic carbocycles. The zero-order valence-electron chi connectivity index (χ0n) is 10.4. The highest BCUT2D eigenvalue weighted by Crippen LogP contribution is 2.17. The maximum Gasteiger partial charge on any atom is 0.239 e. The van der Waals surface area contributed by atoms with Crippen LogP contribution < -0.4 is 10.6 Å². The molecule has 0 aliphatic heterocycles. The minimum atomic E-state index is -0.700. The van der Waals surface area contributed by atoms with Gasteiger partial charge in [-0.25, -0.2) is 8.78 Å². The molecule has 0 bridgehead atoms. The van der Waals surface area contributed by atoms with Crippen molar-refractivity contribution < 1.29 is 13.6 Å². The monoisotopic (exact) mass is 256 g/mol. The number of para-hydroxylation sites is 1. The van der Waals surface area contributed by atoms with Gasteiger partial charge in [-0.1, -0.05) is 25.8 Å². The van der Waals surface area contributed by atoms with Crippen LogP contribution in [0.25, 0.3) is 0 Å². The number of amides is 1. The number of rotatable bonds is 7. The molecule has 1 amide bonds. The number of anilines is 1. The summed E-state index contributed by atoms with van der Waals surface area (Å²) in [5.74, 6) is -1.67. The van der Waals surface area contributed by atoms with Crippen LogP contribution in [0.5, 0.6) is 0 Å². The van der Waals surface area contributed by atoms with Gasteiger partial charge in [0.05, 0.1) is 6.54 Å². The predicted octanol–water partition coefficient (Wildman–Crippen LogP) is 2.68. The number of carbonyl (C=O) groups excluding carboxylic acids is 1. The van der Waals surface area contributed by atoms with E-state index in [1.807, 2.05) is 0 Å². The average Bonchev–Trinajstić information content (AvgIpc) is 2.34. The second-order valence-electron chi connectivity index (χ2n) is 4.01. The summed E-state index contributed by atoms with van der Waals surface area (Å²) in [6, 6.07) is 3.57. The molecule has 0 saturated carbocycles. The Labute approximate surface area is 106 Å². The summed E-state index contributed by atoms with van der Waals surface area (Å²) in [4.78, 5) is 11.4. The van der Waals surface area contributed by atoms with Crippen molar-refractivity contribution in [2.75, 3.05) is 18.4 Å². The van der Waals surface area contributed by atoms with Crippen molar-refractivity contribution >= 4 is 11.6 Å². The van der Waals surface area contributed by atoms with E-state index >= 15 is 0 Å². The van der Waals surface area contributed by atoms with Crippen molar-refractivity contribution in [2.45, 2.75) is 26.2 Å². The second kappa shape index (κ2) is 7.63. The Morgan fingerprint density at radius 3 is 2.50 bits per heavy atom. The van der Waals surface area contributed by atoms with Gasteiger partial charge in [0.2, 0.25) is 5.91 Å². The van der Waals surface area contributed by atoms with Crippen molar-refractivity contribution in [3.63, 3.8) is 0 Å². The molecule has 0 saturated heterocycles. The van der Waals surface area contributed by atoms with Gasteiger partial charge in [-0.3, -0.25) is 4.79 Å². The lowest BCUT2D eigenvalue weighted by atomic mass is 10.2. The number of halogens is 2. The first-order chi connectivity index (χ1) is 8.65. The molecule has 0 unspecified atom stereocenters. The second-order valence-corrected chi connectivity index (χ2v) is 4.01. The van der Waals surface area contributed by atoms with Gasteiger partial charge < -0.3 is 10.6 Å². The minimum absolute atomic E-state index is 0.135. The third kappa shape index (κ3) is 4.69. The van der Waals surface area contributed by atoms with Crippen LogP contribution in [-0.2, 0) is 4.79 Å². The Bertz CT molecular complexity index is 376. The van der Waals surface area contributed by atoms with Crippen molar-refractivity contribution in [3.05, 3.63) is 29.8 Å². The zero-order valence-corrected chi connectivity index (χ0v) is 10.4. The van der Waals surface area contributed by atoms with Gasteiger partial charge in [-0.2, -0.15) is 0 Å². The smallest absolute Gasteiger partial charge is 0.239 e. The average molecular weight is 256 g/mol. The molecule has 0 spiro atoms. The SMILES string of the molecule is CCCCCNC(=O)CNc1c(F)cccc1F. The van der Waals surface area contributed by atoms with E-state index in [1.165, 1.54) is 6.07 Å². The van der Waals surface area contributed by atoms with Gasteiger partial charge in [0, 0.05) is 6.54 Å². The van der Waals surface area contributed by atoms with Crippen molar-refractivity contribution in [1.82, 2.24) is 5.32 Å². The van der Waals surface area contributed by atoms with Crippen LogP contribution in [-0.4, -0.2) is 19.0 Å². The Morgan fingerprint density at radius 1 is 1.22 bits per heavy atom. The fourth-order valence-corrected chi connectivity index (χ4v) is 1.50. The molecule has 0 fully saturated rings. The lowest BCUT2D eigenvalue weighted by Gasteiger charge is -2.09. The van der Waals surface area contributed by atoms with E-state index in [1.54, 1.807) is 0 Å². The van der Waals surface area contributed by atoms with Gasteiger partial charge in [0.25, 0.3) is 0 Å². The normalized spacial score (nSPS) is 10.2. The molecule has 1 rings (SSSR count). The molecular formula is C13H18F2N2O. The van der Waals surface area contributed by atoms with E-state index in [4.69, 9.17) is 0 Å². The van der Waals surface area contributed by atoms with E-state index in [-0.39, 0.29) is 18.1 Å². The maximum atomic E-state index is 13.2. The van der Waals surface area contributed by atoms with Crippen molar-refractivity contribution in [2.24, 2.45) is 0 Å². The van der Waals surface area contributed by atoms with Crippen LogP contribution in [0, 0.1) is 11.6 Å². The summed E-state index contributed by atoms with van der Waals surface area (Å²) in [6.45, 7) is 2.53. The van der Waals surface area contributed by atoms with Crippen molar-refractivity contribution in [1.29, 1.82) is 0 Å². The van der Waals surface area contributed by atoms with Crippen LogP contribution in [0.3, 0.4) is 0 Å². The third-order valence-corrected chi connectivity index (χ3v) is 2.49. The highest BCUT2D eigenvalue weighted by Gasteiger charge is 2.09. The molecule has 100 valence electrons. The number of nitrogens with one attached hydrogen (secondary N) is 2. The standard InChI is InChI=1S/C13H18F2N2O/c1-2-3-4-8-16-12(18)9-17-13-10(14)6-5-7-11(13)15/h5-7,17H,2-4,8-9H2,1H3,(H,16,18). The van der Waals surface area contributed by atoms with Crippen LogP contribution in [0.1, 0.15) is 26.2 Å². The fourth-order valence-electron chi connectivity index (χ4n) is 1.50. The van der Waals surface area contributed by atoms with E-state index < -0.39 is 11.6 Å². The minimum Gasteiger partial charge on any atom is -0.371 e. The van der Waals surface area contributed by atoms with Crippen LogP contribution in [0.2, 0.25) is 0 Å². The molecule has 0 heterocycles. The maximum absolute atomic E-state index is 13.2. The molecule has 1 aromatic rings. The molecule has 0 aliphatic carbocycles. The first-order valence-electron chi connectivity index (χ1n) is 6.09. The van der Waals surface area contributed by atoms with Gasteiger partial charge in [0.1, 0.15) is 17.3 Å².